The third-order valence-electron chi connectivity index (χ3n) is 4.97. The van der Waals surface area contributed by atoms with Crippen LogP contribution in [-0.2, 0) is 11.3 Å². The average molecular weight is 380 g/mol. The lowest BCUT2D eigenvalue weighted by molar-refractivity contribution is -0.881. The maximum atomic E-state index is 6.20. The number of ether oxygens (including phenoxy) is 2. The van der Waals surface area contributed by atoms with Gasteiger partial charge in [0.05, 0.1) is 31.9 Å². The van der Waals surface area contributed by atoms with Crippen LogP contribution in [0.5, 0.6) is 5.75 Å². The van der Waals surface area contributed by atoms with Gasteiger partial charge in [0.15, 0.2) is 0 Å². The predicted molar refractivity (Wildman–Crippen MR) is 104 cm³/mol. The summed E-state index contributed by atoms with van der Waals surface area (Å²) in [4.78, 5) is 2.45. The van der Waals surface area contributed by atoms with Crippen molar-refractivity contribution in [2.45, 2.75) is 13.5 Å². The molecule has 0 radical (unpaired) electrons. The van der Waals surface area contributed by atoms with E-state index in [-0.39, 0.29) is 0 Å². The minimum atomic E-state index is 0.630. The zero-order chi connectivity index (χ0) is 18.4. The number of methoxy groups -OCH3 is 1. The fourth-order valence-electron chi connectivity index (χ4n) is 3.21. The average Bonchev–Trinajstić information content (AvgIpc) is 3.10. The van der Waals surface area contributed by atoms with Gasteiger partial charge < -0.3 is 14.8 Å². The number of nitrogens with zero attached hydrogens (tertiary/aromatic N) is 3. The highest BCUT2D eigenvalue weighted by Crippen LogP contribution is 2.25. The van der Waals surface area contributed by atoms with Crippen LogP contribution in [0.4, 0.5) is 0 Å². The second-order valence-corrected chi connectivity index (χ2v) is 7.04. The van der Waals surface area contributed by atoms with E-state index in [1.165, 1.54) is 0 Å². The van der Waals surface area contributed by atoms with Gasteiger partial charge in [-0.1, -0.05) is 22.8 Å². The van der Waals surface area contributed by atoms with Crippen LogP contribution in [0.2, 0.25) is 5.02 Å². The number of quaternary nitrogens is 1. The Hall–Kier alpha value is -1.60. The van der Waals surface area contributed by atoms with E-state index in [0.29, 0.717) is 21.9 Å². The number of nitrogens with one attached hydrogen (secondary N) is 1. The number of rotatable bonds is 8. The fourth-order valence-corrected chi connectivity index (χ4v) is 3.49. The van der Waals surface area contributed by atoms with Crippen molar-refractivity contribution in [3.63, 3.8) is 0 Å². The van der Waals surface area contributed by atoms with Gasteiger partial charge in [-0.3, -0.25) is 4.90 Å². The van der Waals surface area contributed by atoms with E-state index in [1.54, 1.807) is 7.11 Å². The minimum absolute atomic E-state index is 0.630. The van der Waals surface area contributed by atoms with Crippen LogP contribution in [-0.4, -0.2) is 68.8 Å². The summed E-state index contributed by atoms with van der Waals surface area (Å²) in [7, 11) is 1.62. The zero-order valence-electron chi connectivity index (χ0n) is 15.6. The van der Waals surface area contributed by atoms with Gasteiger partial charge in [-0.25, -0.2) is 0 Å². The Morgan fingerprint density at radius 1 is 1.35 bits per heavy atom. The number of hydrogen-bond donors (Lipinski definition) is 1. The first-order valence-corrected chi connectivity index (χ1v) is 9.53. The van der Waals surface area contributed by atoms with E-state index < -0.39 is 0 Å². The van der Waals surface area contributed by atoms with Crippen LogP contribution in [0.25, 0.3) is 0 Å². The fraction of sp³-hybridized carbons (Fsp3) is 0.526. The highest BCUT2D eigenvalue weighted by molar-refractivity contribution is 6.32. The lowest BCUT2D eigenvalue weighted by atomic mass is 10.2. The van der Waals surface area contributed by atoms with Gasteiger partial charge in [0.1, 0.15) is 37.0 Å². The number of benzene rings is 1. The Labute approximate surface area is 160 Å². The van der Waals surface area contributed by atoms with Crippen molar-refractivity contribution in [3.8, 4) is 5.75 Å². The molecule has 1 N–H and O–H groups in total. The van der Waals surface area contributed by atoms with Gasteiger partial charge in [0.25, 0.3) is 0 Å². The molecule has 0 bridgehead atoms. The highest BCUT2D eigenvalue weighted by atomic mass is 35.5. The van der Waals surface area contributed by atoms with Gasteiger partial charge in [0, 0.05) is 19.6 Å². The minimum Gasteiger partial charge on any atom is -0.495 e. The Morgan fingerprint density at radius 3 is 2.85 bits per heavy atom. The molecular weight excluding hydrogens is 352 g/mol. The summed E-state index contributed by atoms with van der Waals surface area (Å²) in [5.41, 5.74) is 2.17. The van der Waals surface area contributed by atoms with E-state index in [4.69, 9.17) is 26.2 Å². The molecule has 2 aliphatic heterocycles. The first kappa shape index (κ1) is 19.2. The smallest absolute Gasteiger partial charge is 0.148 e. The molecule has 1 unspecified atom stereocenters. The SMILES string of the molecule is CC[N+]1(CCN2CCOCC2)C=C(NCc2ccc(OC)c(Cl)c2)C=N1. The van der Waals surface area contributed by atoms with Crippen LogP contribution >= 0.6 is 11.6 Å². The molecule has 26 heavy (non-hydrogen) atoms. The molecule has 0 spiro atoms. The third kappa shape index (κ3) is 4.76. The molecule has 0 saturated carbocycles. The monoisotopic (exact) mass is 379 g/mol. The maximum Gasteiger partial charge on any atom is 0.148 e. The predicted octanol–water partition coefficient (Wildman–Crippen LogP) is 2.45. The molecule has 0 aliphatic carbocycles. The number of hydrogen-bond acceptors (Lipinski definition) is 5. The molecule has 1 aromatic rings. The van der Waals surface area contributed by atoms with Crippen LogP contribution in [0.15, 0.2) is 35.2 Å². The summed E-state index contributed by atoms with van der Waals surface area (Å²) in [6, 6.07) is 5.84. The molecule has 1 fully saturated rings. The Bertz CT molecular complexity index is 674. The van der Waals surface area contributed by atoms with Gasteiger partial charge in [0.2, 0.25) is 0 Å². The van der Waals surface area contributed by atoms with E-state index >= 15 is 0 Å². The number of halogens is 1. The molecule has 0 amide bonds. The van der Waals surface area contributed by atoms with Crippen LogP contribution in [0.3, 0.4) is 0 Å². The molecule has 142 valence electrons. The van der Waals surface area contributed by atoms with Crippen molar-refractivity contribution in [2.24, 2.45) is 5.10 Å². The second kappa shape index (κ2) is 8.86. The molecule has 1 saturated heterocycles. The van der Waals surface area contributed by atoms with E-state index in [9.17, 15) is 0 Å². The maximum absolute atomic E-state index is 6.20. The van der Waals surface area contributed by atoms with Crippen molar-refractivity contribution in [3.05, 3.63) is 40.7 Å². The summed E-state index contributed by atoms with van der Waals surface area (Å²) in [5, 5.41) is 8.84. The molecule has 0 aromatic heterocycles. The molecule has 6 nitrogen and oxygen atoms in total. The van der Waals surface area contributed by atoms with E-state index in [0.717, 1.165) is 57.2 Å². The molecule has 2 heterocycles. The second-order valence-electron chi connectivity index (χ2n) is 6.63. The first-order chi connectivity index (χ1) is 12.6. The summed E-state index contributed by atoms with van der Waals surface area (Å²) >= 11 is 6.20. The highest BCUT2D eigenvalue weighted by Gasteiger charge is 2.29. The summed E-state index contributed by atoms with van der Waals surface area (Å²) < 4.78 is 11.3. The van der Waals surface area contributed by atoms with Gasteiger partial charge in [-0.15, -0.1) is 0 Å². The number of allylic oxidation sites excluding steroid dienone is 1. The normalized spacial score (nSPS) is 23.1. The van der Waals surface area contributed by atoms with Crippen LogP contribution in [0.1, 0.15) is 12.5 Å². The lowest BCUT2D eigenvalue weighted by Crippen LogP contribution is -2.45. The molecule has 7 heteroatoms. The van der Waals surface area contributed by atoms with Gasteiger partial charge in [-0.05, 0) is 24.6 Å². The lowest BCUT2D eigenvalue weighted by Gasteiger charge is -2.30. The number of likely N-dealkylation sites (N-methyl/N-ethyl adjacent to an activating group) is 1. The van der Waals surface area contributed by atoms with Crippen molar-refractivity contribution >= 4 is 17.8 Å². The topological polar surface area (TPSA) is 46.1 Å². The summed E-state index contributed by atoms with van der Waals surface area (Å²) in [6.45, 7) is 9.54. The summed E-state index contributed by atoms with van der Waals surface area (Å²) in [6.07, 6.45) is 4.15. The van der Waals surface area contributed by atoms with E-state index in [2.05, 4.69) is 23.3 Å². The molecule has 3 rings (SSSR count). The molecule has 1 atom stereocenters. The van der Waals surface area contributed by atoms with Crippen molar-refractivity contribution in [2.75, 3.05) is 53.0 Å². The molecular formula is C19H28ClN4O2+. The van der Waals surface area contributed by atoms with Crippen molar-refractivity contribution < 1.29 is 14.1 Å². The third-order valence-corrected chi connectivity index (χ3v) is 5.27. The number of morpholine rings is 1. The Balaban J connectivity index is 1.55. The quantitative estimate of drug-likeness (QED) is 0.705. The zero-order valence-corrected chi connectivity index (χ0v) is 16.3. The van der Waals surface area contributed by atoms with Gasteiger partial charge in [-0.2, -0.15) is 4.59 Å². The first-order valence-electron chi connectivity index (χ1n) is 9.16. The van der Waals surface area contributed by atoms with E-state index in [1.807, 2.05) is 24.4 Å². The van der Waals surface area contributed by atoms with Crippen LogP contribution < -0.4 is 10.1 Å². The summed E-state index contributed by atoms with van der Waals surface area (Å²) in [5.74, 6) is 0.696. The largest absolute Gasteiger partial charge is 0.495 e. The Morgan fingerprint density at radius 2 is 2.15 bits per heavy atom. The Kier molecular flexibility index (Phi) is 6.53. The van der Waals surface area contributed by atoms with Crippen molar-refractivity contribution in [1.82, 2.24) is 10.2 Å². The standard InChI is InChI=1S/C19H28ClN4O2/c1-3-24(9-6-23-7-10-26-11-8-23)15-17(14-22-24)21-13-16-4-5-19(25-2)18(20)12-16/h4-5,12,14-15,21H,3,6-11,13H2,1-2H3/q+1. The molecule has 1 aromatic carbocycles. The van der Waals surface area contributed by atoms with Gasteiger partial charge >= 0.3 is 0 Å². The van der Waals surface area contributed by atoms with Crippen molar-refractivity contribution in [1.29, 1.82) is 0 Å². The molecule has 2 aliphatic rings. The van der Waals surface area contributed by atoms with Crippen LogP contribution in [0, 0.1) is 0 Å².